The number of rotatable bonds is 5. The van der Waals surface area contributed by atoms with Crippen molar-refractivity contribution in [1.29, 1.82) is 0 Å². The number of carbonyl (C=O) groups is 4. The SMILES string of the molecule is COc1cc(C2C3=CCC4C(=O)N(c5cccc([N+](=O)[O-])c5)C(=O)C4C3CC3C(=O)N(c4ccccc4)C(=O)C32C)ccc1O. The molecule has 2 heterocycles. The highest BCUT2D eigenvalue weighted by Crippen LogP contribution is 2.64. The van der Waals surface area contributed by atoms with Crippen molar-refractivity contribution < 1.29 is 33.9 Å². The van der Waals surface area contributed by atoms with E-state index in [-0.39, 0.29) is 47.5 Å². The number of fused-ring (bicyclic) bond motifs is 4. The van der Waals surface area contributed by atoms with E-state index in [0.717, 1.165) is 10.5 Å². The zero-order chi connectivity index (χ0) is 31.8. The molecule has 0 bridgehead atoms. The monoisotopic (exact) mass is 607 g/mol. The predicted octanol–water partition coefficient (Wildman–Crippen LogP) is 4.74. The first-order valence-corrected chi connectivity index (χ1v) is 14.7. The van der Waals surface area contributed by atoms with E-state index in [2.05, 4.69) is 0 Å². The Morgan fingerprint density at radius 2 is 1.62 bits per heavy atom. The number of benzene rings is 3. The Bertz CT molecular complexity index is 1840. The molecular formula is C34H29N3O8. The molecule has 1 saturated carbocycles. The van der Waals surface area contributed by atoms with E-state index < -0.39 is 51.7 Å². The molecule has 3 aromatic carbocycles. The van der Waals surface area contributed by atoms with Gasteiger partial charge in [-0.15, -0.1) is 0 Å². The largest absolute Gasteiger partial charge is 0.504 e. The van der Waals surface area contributed by atoms with Crippen molar-refractivity contribution in [3.05, 3.63) is 100 Å². The zero-order valence-corrected chi connectivity index (χ0v) is 24.5. The van der Waals surface area contributed by atoms with Crippen LogP contribution in [0.5, 0.6) is 11.5 Å². The second-order valence-corrected chi connectivity index (χ2v) is 12.2. The first-order chi connectivity index (χ1) is 21.6. The number of nitrogens with zero attached hydrogens (tertiary/aromatic N) is 3. The summed E-state index contributed by atoms with van der Waals surface area (Å²) < 4.78 is 5.40. The molecule has 6 unspecified atom stereocenters. The van der Waals surface area contributed by atoms with Crippen LogP contribution in [-0.2, 0) is 19.2 Å². The third kappa shape index (κ3) is 3.96. The fraction of sp³-hybridized carbons (Fsp3) is 0.294. The molecule has 6 atom stereocenters. The molecule has 0 spiro atoms. The number of nitro groups is 1. The summed E-state index contributed by atoms with van der Waals surface area (Å²) in [5, 5.41) is 21.8. The summed E-state index contributed by atoms with van der Waals surface area (Å²) in [6.07, 6.45) is 2.32. The molecule has 2 saturated heterocycles. The number of phenolic OH excluding ortho intramolecular Hbond substituents is 1. The lowest BCUT2D eigenvalue weighted by molar-refractivity contribution is -0.384. The van der Waals surface area contributed by atoms with Crippen molar-refractivity contribution >= 4 is 40.7 Å². The molecule has 228 valence electrons. The van der Waals surface area contributed by atoms with Crippen LogP contribution in [-0.4, -0.2) is 40.8 Å². The van der Waals surface area contributed by atoms with E-state index >= 15 is 0 Å². The highest BCUT2D eigenvalue weighted by molar-refractivity contribution is 6.25. The van der Waals surface area contributed by atoms with Crippen LogP contribution in [0.15, 0.2) is 84.4 Å². The lowest BCUT2D eigenvalue weighted by Crippen LogP contribution is -2.48. The summed E-state index contributed by atoms with van der Waals surface area (Å²) in [5.74, 6) is -5.14. The quantitative estimate of drug-likeness (QED) is 0.189. The topological polar surface area (TPSA) is 147 Å². The summed E-state index contributed by atoms with van der Waals surface area (Å²) >= 11 is 0. The normalized spacial score (nSPS) is 28.8. The maximum Gasteiger partial charge on any atom is 0.271 e. The number of ether oxygens (including phenoxy) is 1. The predicted molar refractivity (Wildman–Crippen MR) is 161 cm³/mol. The second-order valence-electron chi connectivity index (χ2n) is 12.2. The van der Waals surface area contributed by atoms with Gasteiger partial charge in [0.15, 0.2) is 11.5 Å². The molecule has 3 fully saturated rings. The Kier molecular flexibility index (Phi) is 6.40. The summed E-state index contributed by atoms with van der Waals surface area (Å²) in [6.45, 7) is 1.78. The molecule has 3 aromatic rings. The van der Waals surface area contributed by atoms with Crippen molar-refractivity contribution in [2.24, 2.45) is 29.1 Å². The Balaban J connectivity index is 1.36. The molecule has 2 aliphatic carbocycles. The number of allylic oxidation sites excluding steroid dienone is 2. The molecule has 0 radical (unpaired) electrons. The number of imide groups is 2. The molecule has 1 N–H and O–H groups in total. The van der Waals surface area contributed by atoms with Crippen LogP contribution in [0.2, 0.25) is 0 Å². The van der Waals surface area contributed by atoms with Crippen LogP contribution in [0.3, 0.4) is 0 Å². The van der Waals surface area contributed by atoms with Crippen LogP contribution in [0, 0.1) is 39.2 Å². The van der Waals surface area contributed by atoms with Gasteiger partial charge in [0.1, 0.15) is 0 Å². The van der Waals surface area contributed by atoms with Gasteiger partial charge in [-0.1, -0.05) is 42.0 Å². The number of hydrogen-bond donors (Lipinski definition) is 1. The maximum atomic E-state index is 14.4. The standard InChI is InChI=1S/C34H29N3O8/c1-34-25(31(40)36(33(34)42)19-7-4-3-5-8-19)17-24-22(29(34)18-11-14-26(38)27(15-18)45-2)12-13-23-28(24)32(41)35(30(23)39)20-9-6-10-21(16-20)37(43)44/h3-12,14-16,23-25,28-29,38H,13,17H2,1-2H3. The number of phenols is 1. The number of non-ortho nitro benzene ring substituents is 1. The first-order valence-electron chi connectivity index (χ1n) is 14.7. The lowest BCUT2D eigenvalue weighted by atomic mass is 9.51. The molecule has 45 heavy (non-hydrogen) atoms. The number of amides is 4. The molecule has 4 aliphatic rings. The highest BCUT2D eigenvalue weighted by Gasteiger charge is 2.67. The number of anilines is 2. The van der Waals surface area contributed by atoms with Crippen LogP contribution in [0.4, 0.5) is 17.1 Å². The average molecular weight is 608 g/mol. The minimum Gasteiger partial charge on any atom is -0.504 e. The van der Waals surface area contributed by atoms with Gasteiger partial charge in [-0.2, -0.15) is 0 Å². The number of aromatic hydroxyl groups is 1. The second kappa shape index (κ2) is 10.1. The van der Waals surface area contributed by atoms with Crippen molar-refractivity contribution in [3.8, 4) is 11.5 Å². The van der Waals surface area contributed by atoms with Crippen molar-refractivity contribution in [2.45, 2.75) is 25.7 Å². The number of hydrogen-bond acceptors (Lipinski definition) is 8. The summed E-state index contributed by atoms with van der Waals surface area (Å²) in [5.41, 5.74) is 0.500. The van der Waals surface area contributed by atoms with Gasteiger partial charge >= 0.3 is 0 Å². The van der Waals surface area contributed by atoms with Gasteiger partial charge in [0.25, 0.3) is 5.69 Å². The van der Waals surface area contributed by atoms with Gasteiger partial charge in [-0.25, -0.2) is 9.80 Å². The lowest BCUT2D eigenvalue weighted by Gasteiger charge is -2.49. The molecule has 2 aliphatic heterocycles. The fourth-order valence-electron chi connectivity index (χ4n) is 8.09. The van der Waals surface area contributed by atoms with Crippen LogP contribution in [0.1, 0.15) is 31.2 Å². The number of carbonyl (C=O) groups excluding carboxylic acids is 4. The first kappa shape index (κ1) is 28.5. The van der Waals surface area contributed by atoms with Gasteiger partial charge in [0.2, 0.25) is 23.6 Å². The van der Waals surface area contributed by atoms with Gasteiger partial charge in [-0.3, -0.25) is 29.3 Å². The van der Waals surface area contributed by atoms with Gasteiger partial charge in [0.05, 0.1) is 46.6 Å². The molecule has 11 heteroatoms. The van der Waals surface area contributed by atoms with Gasteiger partial charge in [0, 0.05) is 18.1 Å². The van der Waals surface area contributed by atoms with Crippen molar-refractivity contribution in [2.75, 3.05) is 16.9 Å². The molecule has 0 aromatic heterocycles. The maximum absolute atomic E-state index is 14.4. The van der Waals surface area contributed by atoms with Crippen molar-refractivity contribution in [3.63, 3.8) is 0 Å². The summed E-state index contributed by atoms with van der Waals surface area (Å²) in [4.78, 5) is 69.7. The molecule has 7 rings (SSSR count). The zero-order valence-electron chi connectivity index (χ0n) is 24.5. The minimum absolute atomic E-state index is 0.0862. The molecule has 4 amide bonds. The Morgan fingerprint density at radius 3 is 2.33 bits per heavy atom. The van der Waals surface area contributed by atoms with Gasteiger partial charge in [-0.05, 0) is 61.6 Å². The third-order valence-electron chi connectivity index (χ3n) is 10.1. The van der Waals surface area contributed by atoms with Crippen LogP contribution in [0.25, 0.3) is 0 Å². The van der Waals surface area contributed by atoms with Crippen LogP contribution < -0.4 is 14.5 Å². The fourth-order valence-corrected chi connectivity index (χ4v) is 8.09. The van der Waals surface area contributed by atoms with E-state index in [0.29, 0.717) is 11.3 Å². The Labute approximate surface area is 257 Å². The highest BCUT2D eigenvalue weighted by atomic mass is 16.6. The summed E-state index contributed by atoms with van der Waals surface area (Å²) in [6, 6.07) is 19.0. The van der Waals surface area contributed by atoms with E-state index in [1.807, 2.05) is 6.08 Å². The average Bonchev–Trinajstić information content (AvgIpc) is 3.41. The number of nitro benzene ring substituents is 1. The number of methoxy groups -OCH3 is 1. The smallest absolute Gasteiger partial charge is 0.271 e. The third-order valence-corrected chi connectivity index (χ3v) is 10.1. The minimum atomic E-state index is -1.24. The number of para-hydroxylation sites is 1. The van der Waals surface area contributed by atoms with E-state index in [1.165, 1.54) is 42.3 Å². The molecular weight excluding hydrogens is 578 g/mol. The van der Waals surface area contributed by atoms with E-state index in [9.17, 15) is 34.4 Å². The van der Waals surface area contributed by atoms with Gasteiger partial charge < -0.3 is 9.84 Å². The Hall–Kier alpha value is -5.32. The van der Waals surface area contributed by atoms with Crippen molar-refractivity contribution in [1.82, 2.24) is 0 Å². The van der Waals surface area contributed by atoms with E-state index in [1.54, 1.807) is 49.4 Å². The van der Waals surface area contributed by atoms with Crippen LogP contribution >= 0.6 is 0 Å². The Morgan fingerprint density at radius 1 is 0.889 bits per heavy atom. The summed E-state index contributed by atoms with van der Waals surface area (Å²) in [7, 11) is 1.42. The molecule has 11 nitrogen and oxygen atoms in total. The van der Waals surface area contributed by atoms with E-state index in [4.69, 9.17) is 4.74 Å².